The zero-order valence-corrected chi connectivity index (χ0v) is 19.7. The molecule has 0 radical (unpaired) electrons. The maximum absolute atomic E-state index is 12.9. The first-order chi connectivity index (χ1) is 15.5. The molecule has 1 atom stereocenters. The zero-order chi connectivity index (χ0) is 24.3. The maximum Gasteiger partial charge on any atom is 0.338 e. The monoisotopic (exact) mass is 474 g/mol. The number of fused-ring (bicyclic) bond motifs is 1. The molecule has 10 heteroatoms. The lowest BCUT2D eigenvalue weighted by Crippen LogP contribution is -2.34. The summed E-state index contributed by atoms with van der Waals surface area (Å²) in [5.41, 5.74) is 2.04. The standard InChI is InChI=1S/C23H26N2O7S/c1-5-31-22(27)17-11-18(23(28)32-6-2)13-19(12-17)24-21(26)15-7-8-20-16(10-15)9-14(3)25(20)33(4,29)30/h7-8,10-14H,5-6,9H2,1-4H3,(H,24,26). The highest BCUT2D eigenvalue weighted by atomic mass is 32.2. The van der Waals surface area contributed by atoms with Crippen LogP contribution in [-0.4, -0.2) is 51.8 Å². The van der Waals surface area contributed by atoms with E-state index in [4.69, 9.17) is 9.47 Å². The van der Waals surface area contributed by atoms with Crippen molar-refractivity contribution in [3.63, 3.8) is 0 Å². The highest BCUT2D eigenvalue weighted by molar-refractivity contribution is 7.92. The van der Waals surface area contributed by atoms with Gasteiger partial charge in [-0.05, 0) is 69.2 Å². The molecule has 1 unspecified atom stereocenters. The average Bonchev–Trinajstić information content (AvgIpc) is 3.09. The summed E-state index contributed by atoms with van der Waals surface area (Å²) < 4.78 is 35.6. The van der Waals surface area contributed by atoms with Crippen molar-refractivity contribution in [3.8, 4) is 0 Å². The van der Waals surface area contributed by atoms with E-state index >= 15 is 0 Å². The number of hydrogen-bond acceptors (Lipinski definition) is 7. The number of anilines is 2. The molecule has 1 heterocycles. The van der Waals surface area contributed by atoms with Gasteiger partial charge in [0.1, 0.15) is 0 Å². The Kier molecular flexibility index (Phi) is 7.06. The van der Waals surface area contributed by atoms with Crippen LogP contribution >= 0.6 is 0 Å². The third-order valence-corrected chi connectivity index (χ3v) is 6.34. The summed E-state index contributed by atoms with van der Waals surface area (Å²) in [6.07, 6.45) is 1.63. The van der Waals surface area contributed by atoms with E-state index in [2.05, 4.69) is 5.32 Å². The van der Waals surface area contributed by atoms with Gasteiger partial charge in [-0.25, -0.2) is 18.0 Å². The molecule has 2 aromatic carbocycles. The molecular weight excluding hydrogens is 448 g/mol. The van der Waals surface area contributed by atoms with Crippen LogP contribution in [0.3, 0.4) is 0 Å². The first kappa shape index (κ1) is 24.2. The normalized spacial score (nSPS) is 15.0. The summed E-state index contributed by atoms with van der Waals surface area (Å²) in [6, 6.07) is 8.72. The zero-order valence-electron chi connectivity index (χ0n) is 18.9. The van der Waals surface area contributed by atoms with Gasteiger partial charge in [-0.3, -0.25) is 9.10 Å². The van der Waals surface area contributed by atoms with Gasteiger partial charge in [0.15, 0.2) is 0 Å². The van der Waals surface area contributed by atoms with Gasteiger partial charge >= 0.3 is 11.9 Å². The molecule has 0 aliphatic carbocycles. The average molecular weight is 475 g/mol. The van der Waals surface area contributed by atoms with Gasteiger partial charge in [0.05, 0.1) is 36.3 Å². The van der Waals surface area contributed by atoms with E-state index in [1.807, 2.05) is 0 Å². The van der Waals surface area contributed by atoms with E-state index in [1.54, 1.807) is 32.9 Å². The number of hydrogen-bond donors (Lipinski definition) is 1. The van der Waals surface area contributed by atoms with E-state index in [9.17, 15) is 22.8 Å². The summed E-state index contributed by atoms with van der Waals surface area (Å²) in [5, 5.41) is 2.69. The minimum absolute atomic E-state index is 0.101. The minimum atomic E-state index is -3.44. The van der Waals surface area contributed by atoms with Crippen molar-refractivity contribution in [1.29, 1.82) is 0 Å². The highest BCUT2D eigenvalue weighted by Gasteiger charge is 2.32. The van der Waals surface area contributed by atoms with Crippen molar-refractivity contribution in [2.24, 2.45) is 0 Å². The van der Waals surface area contributed by atoms with Gasteiger partial charge in [-0.2, -0.15) is 0 Å². The van der Waals surface area contributed by atoms with Crippen LogP contribution in [0.25, 0.3) is 0 Å². The number of ether oxygens (including phenoxy) is 2. The lowest BCUT2D eigenvalue weighted by atomic mass is 10.1. The highest BCUT2D eigenvalue weighted by Crippen LogP contribution is 2.34. The fourth-order valence-electron chi connectivity index (χ4n) is 3.82. The second kappa shape index (κ2) is 9.62. The summed E-state index contributed by atoms with van der Waals surface area (Å²) in [5.74, 6) is -1.74. The second-order valence-electron chi connectivity index (χ2n) is 7.65. The van der Waals surface area contributed by atoms with Crippen molar-refractivity contribution in [2.45, 2.75) is 33.2 Å². The Morgan fingerprint density at radius 2 is 1.55 bits per heavy atom. The second-order valence-corrected chi connectivity index (χ2v) is 9.51. The third kappa shape index (κ3) is 5.33. The van der Waals surface area contributed by atoms with Gasteiger partial charge in [0.2, 0.25) is 10.0 Å². The number of esters is 2. The first-order valence-electron chi connectivity index (χ1n) is 10.5. The Hall–Kier alpha value is -3.40. The van der Waals surface area contributed by atoms with Crippen LogP contribution in [0.5, 0.6) is 0 Å². The molecule has 0 saturated carbocycles. The molecule has 2 aromatic rings. The molecular formula is C23H26N2O7S. The SMILES string of the molecule is CCOC(=O)c1cc(NC(=O)c2ccc3c(c2)CC(C)N3S(C)(=O)=O)cc(C(=O)OCC)c1. The first-order valence-corrected chi connectivity index (χ1v) is 12.3. The van der Waals surface area contributed by atoms with Crippen molar-refractivity contribution in [3.05, 3.63) is 58.7 Å². The third-order valence-electron chi connectivity index (χ3n) is 5.07. The van der Waals surface area contributed by atoms with Crippen LogP contribution in [0.1, 0.15) is 57.4 Å². The topological polar surface area (TPSA) is 119 Å². The molecule has 1 aliphatic heterocycles. The van der Waals surface area contributed by atoms with Crippen LogP contribution in [-0.2, 0) is 25.9 Å². The summed E-state index contributed by atoms with van der Waals surface area (Å²) >= 11 is 0. The number of amides is 1. The molecule has 1 aliphatic rings. The lowest BCUT2D eigenvalue weighted by Gasteiger charge is -2.21. The fourth-order valence-corrected chi connectivity index (χ4v) is 5.08. The van der Waals surface area contributed by atoms with Gasteiger partial charge in [-0.15, -0.1) is 0 Å². The molecule has 176 valence electrons. The largest absolute Gasteiger partial charge is 0.462 e. The molecule has 0 bridgehead atoms. The Labute approximate surface area is 192 Å². The molecule has 33 heavy (non-hydrogen) atoms. The fraction of sp³-hybridized carbons (Fsp3) is 0.348. The van der Waals surface area contributed by atoms with Crippen LogP contribution in [0.15, 0.2) is 36.4 Å². The molecule has 0 saturated heterocycles. The number of sulfonamides is 1. The molecule has 1 N–H and O–H groups in total. The number of benzene rings is 2. The van der Waals surface area contributed by atoms with Gasteiger partial charge < -0.3 is 14.8 Å². The molecule has 3 rings (SSSR count). The number of nitrogens with zero attached hydrogens (tertiary/aromatic N) is 1. The van der Waals surface area contributed by atoms with E-state index < -0.39 is 27.9 Å². The van der Waals surface area contributed by atoms with Crippen LogP contribution in [0, 0.1) is 0 Å². The van der Waals surface area contributed by atoms with Crippen LogP contribution in [0.2, 0.25) is 0 Å². The number of nitrogens with one attached hydrogen (secondary N) is 1. The van der Waals surface area contributed by atoms with E-state index in [-0.39, 0.29) is 36.1 Å². The number of carbonyl (C=O) groups is 3. The molecule has 0 fully saturated rings. The van der Waals surface area contributed by atoms with Gasteiger partial charge in [0, 0.05) is 17.3 Å². The van der Waals surface area contributed by atoms with Crippen molar-refractivity contribution >= 4 is 39.2 Å². The van der Waals surface area contributed by atoms with E-state index in [1.165, 1.54) is 28.6 Å². The van der Waals surface area contributed by atoms with Crippen LogP contribution in [0.4, 0.5) is 11.4 Å². The number of rotatable bonds is 7. The predicted octanol–water partition coefficient (Wildman–Crippen LogP) is 3.00. The minimum Gasteiger partial charge on any atom is -0.462 e. The van der Waals surface area contributed by atoms with E-state index in [0.717, 1.165) is 11.8 Å². The smallest absolute Gasteiger partial charge is 0.338 e. The van der Waals surface area contributed by atoms with Crippen molar-refractivity contribution in [1.82, 2.24) is 0 Å². The molecule has 9 nitrogen and oxygen atoms in total. The quantitative estimate of drug-likeness (QED) is 0.613. The summed E-state index contributed by atoms with van der Waals surface area (Å²) in [6.45, 7) is 5.44. The Morgan fingerprint density at radius 3 is 2.06 bits per heavy atom. The van der Waals surface area contributed by atoms with Crippen molar-refractivity contribution < 1.29 is 32.3 Å². The molecule has 0 aromatic heterocycles. The summed E-state index contributed by atoms with van der Waals surface area (Å²) in [4.78, 5) is 37.3. The maximum atomic E-state index is 12.9. The van der Waals surface area contributed by atoms with Crippen LogP contribution < -0.4 is 9.62 Å². The van der Waals surface area contributed by atoms with Crippen molar-refractivity contribution in [2.75, 3.05) is 29.1 Å². The molecule has 0 spiro atoms. The number of carbonyl (C=O) groups excluding carboxylic acids is 3. The Morgan fingerprint density at radius 1 is 0.970 bits per heavy atom. The predicted molar refractivity (Wildman–Crippen MR) is 123 cm³/mol. The molecule has 1 amide bonds. The van der Waals surface area contributed by atoms with Gasteiger partial charge in [0.25, 0.3) is 5.91 Å². The Bertz CT molecular complexity index is 1170. The summed E-state index contributed by atoms with van der Waals surface area (Å²) in [7, 11) is -3.44. The Balaban J connectivity index is 1.90. The lowest BCUT2D eigenvalue weighted by molar-refractivity contribution is 0.0525. The van der Waals surface area contributed by atoms with Gasteiger partial charge in [-0.1, -0.05) is 0 Å². The van der Waals surface area contributed by atoms with E-state index in [0.29, 0.717) is 17.7 Å².